The second-order valence-electron chi connectivity index (χ2n) is 7.78. The number of rotatable bonds is 6. The number of methoxy groups -OCH3 is 1. The number of nitriles is 1. The molecule has 0 aliphatic rings. The zero-order valence-electron chi connectivity index (χ0n) is 18.7. The van der Waals surface area contributed by atoms with Gasteiger partial charge < -0.3 is 19.2 Å². The molecule has 172 valence electrons. The molecule has 1 N–H and O–H groups in total. The van der Waals surface area contributed by atoms with E-state index in [9.17, 15) is 18.8 Å². The Bertz CT molecular complexity index is 1450. The van der Waals surface area contributed by atoms with Crippen LogP contribution < -0.4 is 15.6 Å². The number of halogens is 2. The summed E-state index contributed by atoms with van der Waals surface area (Å²) in [6.07, 6.45) is 4.90. The van der Waals surface area contributed by atoms with Crippen LogP contribution in [-0.2, 0) is 0 Å². The number of hydrogen-bond acceptors (Lipinski definition) is 5. The Hall–Kier alpha value is -4.45. The summed E-state index contributed by atoms with van der Waals surface area (Å²) in [6, 6.07) is 11.1. The van der Waals surface area contributed by atoms with Crippen molar-refractivity contribution >= 4 is 11.4 Å². The molecule has 0 aliphatic heterocycles. The lowest BCUT2D eigenvalue weighted by Crippen LogP contribution is -2.26. The van der Waals surface area contributed by atoms with Gasteiger partial charge in [0.2, 0.25) is 0 Å². The molecule has 0 spiro atoms. The molecule has 9 heteroatoms. The Balaban J connectivity index is 1.73. The molecule has 0 saturated carbocycles. The van der Waals surface area contributed by atoms with Crippen LogP contribution in [0.2, 0.25) is 0 Å². The van der Waals surface area contributed by atoms with Crippen molar-refractivity contribution in [2.24, 2.45) is 0 Å². The molecule has 0 saturated heterocycles. The Morgan fingerprint density at radius 2 is 1.85 bits per heavy atom. The van der Waals surface area contributed by atoms with Crippen LogP contribution >= 0.6 is 0 Å². The largest absolute Gasteiger partial charge is 0.494 e. The van der Waals surface area contributed by atoms with Gasteiger partial charge in [-0.1, -0.05) is 0 Å². The highest BCUT2D eigenvalue weighted by Gasteiger charge is 2.16. The van der Waals surface area contributed by atoms with Crippen LogP contribution in [0.1, 0.15) is 29.8 Å². The van der Waals surface area contributed by atoms with Gasteiger partial charge in [0, 0.05) is 30.2 Å². The number of nitrogens with one attached hydrogen (secondary N) is 1. The topological polar surface area (TPSA) is 84.9 Å². The van der Waals surface area contributed by atoms with E-state index in [4.69, 9.17) is 4.74 Å². The van der Waals surface area contributed by atoms with Crippen LogP contribution in [-0.4, -0.2) is 21.2 Å². The van der Waals surface area contributed by atoms with Crippen LogP contribution in [0.5, 0.6) is 5.75 Å². The fourth-order valence-corrected chi connectivity index (χ4v) is 3.69. The van der Waals surface area contributed by atoms with Crippen LogP contribution in [0, 0.1) is 29.9 Å². The van der Waals surface area contributed by atoms with Gasteiger partial charge in [-0.3, -0.25) is 4.79 Å². The molecule has 0 bridgehead atoms. The first kappa shape index (κ1) is 22.7. The summed E-state index contributed by atoms with van der Waals surface area (Å²) >= 11 is 0. The van der Waals surface area contributed by atoms with Crippen molar-refractivity contribution in [3.05, 3.63) is 100.0 Å². The molecule has 0 fully saturated rings. The molecule has 7 nitrogen and oxygen atoms in total. The molecule has 1 atom stereocenters. The fourth-order valence-electron chi connectivity index (χ4n) is 3.69. The SMILES string of the molecule is COc1cc(Nc2cc(C#N)cn([C@@H](C)c3cc(F)cc(F)c3)c2=O)ccc1-n1cnc(C)c1. The van der Waals surface area contributed by atoms with E-state index in [0.717, 1.165) is 29.6 Å². The first-order valence-corrected chi connectivity index (χ1v) is 10.4. The maximum Gasteiger partial charge on any atom is 0.274 e. The first-order chi connectivity index (χ1) is 16.3. The normalized spacial score (nSPS) is 11.6. The number of benzene rings is 2. The number of imidazole rings is 1. The van der Waals surface area contributed by atoms with E-state index in [-0.39, 0.29) is 16.8 Å². The van der Waals surface area contributed by atoms with Crippen LogP contribution in [0.15, 0.2) is 66.0 Å². The summed E-state index contributed by atoms with van der Waals surface area (Å²) in [7, 11) is 1.54. The Morgan fingerprint density at radius 3 is 2.47 bits per heavy atom. The van der Waals surface area contributed by atoms with Crippen molar-refractivity contribution in [2.75, 3.05) is 12.4 Å². The smallest absolute Gasteiger partial charge is 0.274 e. The van der Waals surface area contributed by atoms with E-state index in [2.05, 4.69) is 10.3 Å². The van der Waals surface area contributed by atoms with Crippen LogP contribution in [0.3, 0.4) is 0 Å². The lowest BCUT2D eigenvalue weighted by molar-refractivity contribution is 0.413. The number of aromatic nitrogens is 3. The van der Waals surface area contributed by atoms with Gasteiger partial charge in [-0.25, -0.2) is 13.8 Å². The minimum atomic E-state index is -0.745. The summed E-state index contributed by atoms with van der Waals surface area (Å²) in [5, 5.41) is 12.5. The van der Waals surface area contributed by atoms with Crippen LogP contribution in [0.25, 0.3) is 5.69 Å². The van der Waals surface area contributed by atoms with Crippen molar-refractivity contribution in [3.63, 3.8) is 0 Å². The molecule has 34 heavy (non-hydrogen) atoms. The van der Waals surface area contributed by atoms with Crippen molar-refractivity contribution < 1.29 is 13.5 Å². The third kappa shape index (κ3) is 4.52. The van der Waals surface area contributed by atoms with E-state index in [1.54, 1.807) is 25.4 Å². The minimum absolute atomic E-state index is 0.135. The average molecular weight is 461 g/mol. The molecule has 2 heterocycles. The number of pyridine rings is 1. The van der Waals surface area contributed by atoms with Gasteiger partial charge in [0.15, 0.2) is 0 Å². The van der Waals surface area contributed by atoms with Crippen molar-refractivity contribution in [2.45, 2.75) is 19.9 Å². The second kappa shape index (κ2) is 9.19. The van der Waals surface area contributed by atoms with E-state index < -0.39 is 23.2 Å². The maximum atomic E-state index is 13.7. The van der Waals surface area contributed by atoms with Crippen molar-refractivity contribution in [1.29, 1.82) is 5.26 Å². The summed E-state index contributed by atoms with van der Waals surface area (Å²) in [5.41, 5.74) is 2.33. The molecule has 2 aromatic heterocycles. The van der Waals surface area contributed by atoms with E-state index in [0.29, 0.717) is 11.4 Å². The predicted molar refractivity (Wildman–Crippen MR) is 124 cm³/mol. The van der Waals surface area contributed by atoms with Crippen LogP contribution in [0.4, 0.5) is 20.2 Å². The molecule has 0 amide bonds. The molecular formula is C25H21F2N5O2. The molecule has 0 aliphatic carbocycles. The number of nitrogens with zero attached hydrogens (tertiary/aromatic N) is 4. The minimum Gasteiger partial charge on any atom is -0.494 e. The van der Waals surface area contributed by atoms with Gasteiger partial charge in [0.05, 0.1) is 36.4 Å². The summed E-state index contributed by atoms with van der Waals surface area (Å²) in [6.45, 7) is 3.51. The molecule has 0 radical (unpaired) electrons. The third-order valence-electron chi connectivity index (χ3n) is 5.41. The molecule has 4 aromatic rings. The summed E-state index contributed by atoms with van der Waals surface area (Å²) < 4.78 is 36.1. The Kier molecular flexibility index (Phi) is 6.15. The zero-order chi connectivity index (χ0) is 24.4. The summed E-state index contributed by atoms with van der Waals surface area (Å²) in [4.78, 5) is 17.5. The zero-order valence-corrected chi connectivity index (χ0v) is 18.7. The van der Waals surface area contributed by atoms with Gasteiger partial charge in [0.25, 0.3) is 5.56 Å². The molecule has 0 unspecified atom stereocenters. The fraction of sp³-hybridized carbons (Fsp3) is 0.160. The van der Waals surface area contributed by atoms with E-state index in [1.807, 2.05) is 29.8 Å². The predicted octanol–water partition coefficient (Wildman–Crippen LogP) is 4.85. The number of anilines is 2. The average Bonchev–Trinajstić information content (AvgIpc) is 3.25. The lowest BCUT2D eigenvalue weighted by Gasteiger charge is -2.18. The highest BCUT2D eigenvalue weighted by Crippen LogP contribution is 2.28. The van der Waals surface area contributed by atoms with Gasteiger partial charge in [-0.2, -0.15) is 5.26 Å². The van der Waals surface area contributed by atoms with E-state index >= 15 is 0 Å². The lowest BCUT2D eigenvalue weighted by atomic mass is 10.1. The van der Waals surface area contributed by atoms with Gasteiger partial charge in [0.1, 0.15) is 29.1 Å². The van der Waals surface area contributed by atoms with Gasteiger partial charge >= 0.3 is 0 Å². The standard InChI is InChI=1S/C25H21F2N5O2/c1-15-12-31(14-29-15)23-5-4-21(10-24(23)34-3)30-22-6-17(11-28)13-32(25(22)33)16(2)18-7-19(26)9-20(27)8-18/h4-10,12-14,16,30H,1-3H3/t16-/m0/s1. The number of hydrogen-bond donors (Lipinski definition) is 1. The maximum absolute atomic E-state index is 13.7. The highest BCUT2D eigenvalue weighted by molar-refractivity contribution is 5.65. The molecule has 2 aromatic carbocycles. The van der Waals surface area contributed by atoms with E-state index in [1.165, 1.54) is 23.9 Å². The van der Waals surface area contributed by atoms with Crippen molar-refractivity contribution in [1.82, 2.24) is 14.1 Å². The monoisotopic (exact) mass is 461 g/mol. The number of aryl methyl sites for hydroxylation is 1. The Labute approximate surface area is 194 Å². The molecule has 4 rings (SSSR count). The number of ether oxygens (including phenoxy) is 1. The van der Waals surface area contributed by atoms with Gasteiger partial charge in [-0.15, -0.1) is 0 Å². The second-order valence-corrected chi connectivity index (χ2v) is 7.78. The van der Waals surface area contributed by atoms with Crippen molar-refractivity contribution in [3.8, 4) is 17.5 Å². The third-order valence-corrected chi connectivity index (χ3v) is 5.41. The molecular weight excluding hydrogens is 440 g/mol. The van der Waals surface area contributed by atoms with Gasteiger partial charge in [-0.05, 0) is 49.7 Å². The Morgan fingerprint density at radius 1 is 1.12 bits per heavy atom. The first-order valence-electron chi connectivity index (χ1n) is 10.4. The highest BCUT2D eigenvalue weighted by atomic mass is 19.1. The summed E-state index contributed by atoms with van der Waals surface area (Å²) in [5.74, 6) is -0.947. The quantitative estimate of drug-likeness (QED) is 0.444.